The lowest BCUT2D eigenvalue weighted by atomic mass is 9.90. The molecule has 0 radical (unpaired) electrons. The Labute approximate surface area is 104 Å². The fourth-order valence-corrected chi connectivity index (χ4v) is 1.64. The fraction of sp³-hybridized carbons (Fsp3) is 0.692. The molecule has 1 aromatic heterocycles. The molecule has 0 aliphatic heterocycles. The first-order valence-electron chi connectivity index (χ1n) is 6.23. The minimum atomic E-state index is -0.184. The van der Waals surface area contributed by atoms with E-state index in [4.69, 9.17) is 5.26 Å². The molecule has 94 valence electrons. The zero-order chi connectivity index (χ0) is 12.6. The molecular weight excluding hydrogens is 212 g/mol. The van der Waals surface area contributed by atoms with Crippen molar-refractivity contribution < 1.29 is 0 Å². The van der Waals surface area contributed by atoms with E-state index >= 15 is 0 Å². The first-order chi connectivity index (χ1) is 8.14. The maximum absolute atomic E-state index is 8.86. The van der Waals surface area contributed by atoms with E-state index < -0.39 is 0 Å². The Balaban J connectivity index is 1.93. The zero-order valence-corrected chi connectivity index (χ0v) is 10.8. The average molecular weight is 234 g/mol. The van der Waals surface area contributed by atoms with Gasteiger partial charge in [0.05, 0.1) is 11.5 Å². The standard InChI is InChI=1S/C13H22N4/c1-13(2,12-14)6-3-7-15-8-4-10-17-11-5-9-16-17/h5,9,11,15H,3-4,6-8,10H2,1-2H3. The Hall–Kier alpha value is -1.34. The monoisotopic (exact) mass is 234 g/mol. The third-order valence-electron chi connectivity index (χ3n) is 2.76. The summed E-state index contributed by atoms with van der Waals surface area (Å²) in [5.74, 6) is 0. The predicted octanol–water partition coefficient (Wildman–Crippen LogP) is 2.19. The quantitative estimate of drug-likeness (QED) is 0.701. The van der Waals surface area contributed by atoms with E-state index in [2.05, 4.69) is 16.5 Å². The van der Waals surface area contributed by atoms with E-state index in [1.807, 2.05) is 30.8 Å². The molecule has 0 bridgehead atoms. The highest BCUT2D eigenvalue weighted by molar-refractivity contribution is 4.91. The molecule has 1 aromatic rings. The Morgan fingerprint density at radius 3 is 2.76 bits per heavy atom. The first-order valence-corrected chi connectivity index (χ1v) is 6.23. The molecule has 1 N–H and O–H groups in total. The molecule has 0 aliphatic rings. The summed E-state index contributed by atoms with van der Waals surface area (Å²) in [5, 5.41) is 16.4. The van der Waals surface area contributed by atoms with Crippen LogP contribution in [0.5, 0.6) is 0 Å². The lowest BCUT2D eigenvalue weighted by Gasteiger charge is -2.14. The van der Waals surface area contributed by atoms with E-state index in [1.165, 1.54) is 0 Å². The normalized spacial score (nSPS) is 11.4. The van der Waals surface area contributed by atoms with Crippen molar-refractivity contribution in [1.29, 1.82) is 5.26 Å². The summed E-state index contributed by atoms with van der Waals surface area (Å²) < 4.78 is 1.94. The van der Waals surface area contributed by atoms with Crippen LogP contribution in [0.15, 0.2) is 18.5 Å². The lowest BCUT2D eigenvalue weighted by molar-refractivity contribution is 0.423. The molecule has 0 spiro atoms. The molecule has 0 aromatic carbocycles. The number of rotatable bonds is 8. The molecule has 1 heterocycles. The summed E-state index contributed by atoms with van der Waals surface area (Å²) >= 11 is 0. The van der Waals surface area contributed by atoms with Gasteiger partial charge in [0.15, 0.2) is 0 Å². The van der Waals surface area contributed by atoms with Gasteiger partial charge >= 0.3 is 0 Å². The van der Waals surface area contributed by atoms with Crippen molar-refractivity contribution in [1.82, 2.24) is 15.1 Å². The number of nitrogens with one attached hydrogen (secondary N) is 1. The number of nitriles is 1. The number of hydrogen-bond acceptors (Lipinski definition) is 3. The smallest absolute Gasteiger partial charge is 0.0683 e. The molecule has 0 saturated carbocycles. The van der Waals surface area contributed by atoms with Crippen molar-refractivity contribution in [2.24, 2.45) is 5.41 Å². The highest BCUT2D eigenvalue weighted by Crippen LogP contribution is 2.19. The average Bonchev–Trinajstić information content (AvgIpc) is 2.81. The second-order valence-corrected chi connectivity index (χ2v) is 4.97. The summed E-state index contributed by atoms with van der Waals surface area (Å²) in [6, 6.07) is 4.26. The van der Waals surface area contributed by atoms with Crippen molar-refractivity contribution in [2.45, 2.75) is 39.7 Å². The van der Waals surface area contributed by atoms with Crippen molar-refractivity contribution in [3.05, 3.63) is 18.5 Å². The largest absolute Gasteiger partial charge is 0.317 e. The summed E-state index contributed by atoms with van der Waals surface area (Å²) in [6.07, 6.45) is 6.88. The molecule has 0 atom stereocenters. The highest BCUT2D eigenvalue weighted by Gasteiger charge is 2.14. The first kappa shape index (κ1) is 13.7. The summed E-state index contributed by atoms with van der Waals surface area (Å²) in [7, 11) is 0. The van der Waals surface area contributed by atoms with Crippen molar-refractivity contribution in [3.63, 3.8) is 0 Å². The molecule has 0 aliphatic carbocycles. The third kappa shape index (κ3) is 6.08. The highest BCUT2D eigenvalue weighted by atomic mass is 15.3. The van der Waals surface area contributed by atoms with Crippen LogP contribution in [0.4, 0.5) is 0 Å². The van der Waals surface area contributed by atoms with Crippen molar-refractivity contribution in [2.75, 3.05) is 13.1 Å². The van der Waals surface area contributed by atoms with Gasteiger partial charge in [0.25, 0.3) is 0 Å². The van der Waals surface area contributed by atoms with E-state index in [9.17, 15) is 0 Å². The Bertz CT molecular complexity index is 335. The lowest BCUT2D eigenvalue weighted by Crippen LogP contribution is -2.20. The summed E-state index contributed by atoms with van der Waals surface area (Å²) in [4.78, 5) is 0. The van der Waals surface area contributed by atoms with Gasteiger partial charge in [0.1, 0.15) is 0 Å². The molecule has 1 rings (SSSR count). The summed E-state index contributed by atoms with van der Waals surface area (Å²) in [5.41, 5.74) is -0.184. The van der Waals surface area contributed by atoms with Crippen LogP contribution in [0.25, 0.3) is 0 Å². The van der Waals surface area contributed by atoms with Crippen LogP contribution in [0, 0.1) is 16.7 Å². The molecule has 17 heavy (non-hydrogen) atoms. The fourth-order valence-electron chi connectivity index (χ4n) is 1.64. The summed E-state index contributed by atoms with van der Waals surface area (Å²) in [6.45, 7) is 6.94. The van der Waals surface area contributed by atoms with Crippen LogP contribution in [0.1, 0.15) is 33.1 Å². The van der Waals surface area contributed by atoms with Gasteiger partial charge in [0, 0.05) is 18.9 Å². The number of aromatic nitrogens is 2. The van der Waals surface area contributed by atoms with Gasteiger partial charge in [-0.1, -0.05) is 0 Å². The topological polar surface area (TPSA) is 53.6 Å². The van der Waals surface area contributed by atoms with Crippen LogP contribution in [-0.2, 0) is 6.54 Å². The molecule has 0 unspecified atom stereocenters. The van der Waals surface area contributed by atoms with Gasteiger partial charge in [0.2, 0.25) is 0 Å². The Morgan fingerprint density at radius 2 is 2.12 bits per heavy atom. The van der Waals surface area contributed by atoms with Crippen LogP contribution < -0.4 is 5.32 Å². The number of nitrogens with zero attached hydrogens (tertiary/aromatic N) is 3. The van der Waals surface area contributed by atoms with E-state index in [0.717, 1.165) is 38.9 Å². The number of hydrogen-bond donors (Lipinski definition) is 1. The molecule has 4 nitrogen and oxygen atoms in total. The van der Waals surface area contributed by atoms with Crippen LogP contribution in [0.2, 0.25) is 0 Å². The SMILES string of the molecule is CC(C)(C#N)CCCNCCCn1cccn1. The number of aryl methyl sites for hydroxylation is 1. The molecule has 0 fully saturated rings. The maximum atomic E-state index is 8.86. The van der Waals surface area contributed by atoms with Gasteiger partial charge in [-0.15, -0.1) is 0 Å². The molecule has 0 amide bonds. The Kier molecular flexibility index (Phi) is 5.71. The minimum Gasteiger partial charge on any atom is -0.317 e. The van der Waals surface area contributed by atoms with Crippen molar-refractivity contribution >= 4 is 0 Å². The van der Waals surface area contributed by atoms with Gasteiger partial charge in [-0.25, -0.2) is 0 Å². The van der Waals surface area contributed by atoms with Gasteiger partial charge in [-0.2, -0.15) is 10.4 Å². The predicted molar refractivity (Wildman–Crippen MR) is 68.3 cm³/mol. The van der Waals surface area contributed by atoms with E-state index in [1.54, 1.807) is 6.20 Å². The van der Waals surface area contributed by atoms with E-state index in [0.29, 0.717) is 0 Å². The Morgan fingerprint density at radius 1 is 1.35 bits per heavy atom. The minimum absolute atomic E-state index is 0.184. The molecule has 4 heteroatoms. The maximum Gasteiger partial charge on any atom is 0.0683 e. The van der Waals surface area contributed by atoms with Gasteiger partial charge < -0.3 is 5.32 Å². The van der Waals surface area contributed by atoms with Crippen LogP contribution in [0.3, 0.4) is 0 Å². The van der Waals surface area contributed by atoms with Gasteiger partial charge in [-0.05, 0) is 52.3 Å². The zero-order valence-electron chi connectivity index (χ0n) is 10.8. The van der Waals surface area contributed by atoms with Gasteiger partial charge in [-0.3, -0.25) is 4.68 Å². The molecule has 0 saturated heterocycles. The van der Waals surface area contributed by atoms with Crippen LogP contribution >= 0.6 is 0 Å². The second kappa shape index (κ2) is 7.08. The molecular formula is C13H22N4. The third-order valence-corrected chi connectivity index (χ3v) is 2.76. The van der Waals surface area contributed by atoms with Crippen LogP contribution in [-0.4, -0.2) is 22.9 Å². The van der Waals surface area contributed by atoms with E-state index in [-0.39, 0.29) is 5.41 Å². The second-order valence-electron chi connectivity index (χ2n) is 4.97. The van der Waals surface area contributed by atoms with Crippen molar-refractivity contribution in [3.8, 4) is 6.07 Å².